The molecule has 90 valence electrons. The summed E-state index contributed by atoms with van der Waals surface area (Å²) in [7, 11) is 1.95. The van der Waals surface area contributed by atoms with Crippen LogP contribution in [0.5, 0.6) is 0 Å². The van der Waals surface area contributed by atoms with Gasteiger partial charge in [-0.25, -0.2) is 0 Å². The molecule has 0 amide bonds. The van der Waals surface area contributed by atoms with Gasteiger partial charge >= 0.3 is 0 Å². The highest BCUT2D eigenvalue weighted by Gasteiger charge is 2.19. The molecule has 0 aliphatic carbocycles. The molecular weight excluding hydrogens is 204 g/mol. The van der Waals surface area contributed by atoms with Crippen molar-refractivity contribution in [2.45, 2.75) is 38.5 Å². The number of nitro groups is 1. The first kappa shape index (κ1) is 12.7. The van der Waals surface area contributed by atoms with E-state index in [0.717, 1.165) is 31.4 Å². The molecule has 1 aromatic heterocycles. The lowest BCUT2D eigenvalue weighted by Gasteiger charge is -2.13. The first-order valence-corrected chi connectivity index (χ1v) is 5.88. The minimum absolute atomic E-state index is 0.0432. The van der Waals surface area contributed by atoms with Gasteiger partial charge in [0, 0.05) is 23.9 Å². The van der Waals surface area contributed by atoms with Gasteiger partial charge in [0.05, 0.1) is 5.92 Å². The van der Waals surface area contributed by atoms with Crippen molar-refractivity contribution >= 4 is 0 Å². The first-order chi connectivity index (χ1) is 7.65. The molecule has 0 bridgehead atoms. The number of unbranched alkanes of at least 4 members (excludes halogenated alkanes) is 2. The molecular formula is C12H20N2O2. The van der Waals surface area contributed by atoms with Gasteiger partial charge in [-0.15, -0.1) is 0 Å². The molecule has 0 aliphatic rings. The van der Waals surface area contributed by atoms with Gasteiger partial charge in [-0.05, 0) is 18.6 Å². The van der Waals surface area contributed by atoms with Gasteiger partial charge in [0.2, 0.25) is 6.54 Å². The Balaban J connectivity index is 2.63. The van der Waals surface area contributed by atoms with Crippen molar-refractivity contribution in [3.8, 4) is 0 Å². The Bertz CT molecular complexity index is 334. The van der Waals surface area contributed by atoms with Crippen LogP contribution >= 0.6 is 0 Å². The molecule has 0 saturated carbocycles. The van der Waals surface area contributed by atoms with E-state index in [1.54, 1.807) is 0 Å². The summed E-state index contributed by atoms with van der Waals surface area (Å²) >= 11 is 0. The second-order valence-electron chi connectivity index (χ2n) is 4.25. The standard InChI is InChI=1S/C12H20N2O2/c1-3-4-5-7-11(10-14(15)16)12-8-6-9-13(12)2/h6,8-9,11H,3-5,7,10H2,1-2H3. The van der Waals surface area contributed by atoms with Crippen molar-refractivity contribution in [2.24, 2.45) is 7.05 Å². The van der Waals surface area contributed by atoms with Crippen LogP contribution < -0.4 is 0 Å². The third-order valence-corrected chi connectivity index (χ3v) is 2.93. The van der Waals surface area contributed by atoms with E-state index in [-0.39, 0.29) is 17.4 Å². The van der Waals surface area contributed by atoms with Crippen molar-refractivity contribution in [3.05, 3.63) is 34.1 Å². The predicted octanol–water partition coefficient (Wildman–Crippen LogP) is 2.97. The van der Waals surface area contributed by atoms with Crippen molar-refractivity contribution in [1.29, 1.82) is 0 Å². The third kappa shape index (κ3) is 3.68. The van der Waals surface area contributed by atoms with Crippen molar-refractivity contribution in [1.82, 2.24) is 4.57 Å². The quantitative estimate of drug-likeness (QED) is 0.406. The smallest absolute Gasteiger partial charge is 0.212 e. The lowest BCUT2D eigenvalue weighted by atomic mass is 9.98. The zero-order valence-electron chi connectivity index (χ0n) is 10.1. The van der Waals surface area contributed by atoms with Crippen LogP contribution in [0.15, 0.2) is 18.3 Å². The number of rotatable bonds is 7. The summed E-state index contributed by atoms with van der Waals surface area (Å²) in [6, 6.07) is 3.93. The maximum absolute atomic E-state index is 10.6. The molecule has 1 unspecified atom stereocenters. The van der Waals surface area contributed by atoms with E-state index in [1.165, 1.54) is 0 Å². The number of aromatic nitrogens is 1. The van der Waals surface area contributed by atoms with Crippen LogP contribution in [-0.4, -0.2) is 16.0 Å². The molecule has 1 heterocycles. The summed E-state index contributed by atoms with van der Waals surface area (Å²) in [4.78, 5) is 10.4. The monoisotopic (exact) mass is 224 g/mol. The fourth-order valence-electron chi connectivity index (χ4n) is 2.05. The molecule has 0 radical (unpaired) electrons. The molecule has 1 aromatic rings. The molecule has 0 aromatic carbocycles. The van der Waals surface area contributed by atoms with Crippen LogP contribution in [0.25, 0.3) is 0 Å². The molecule has 4 nitrogen and oxygen atoms in total. The summed E-state index contributed by atoms with van der Waals surface area (Å²) < 4.78 is 1.99. The normalized spacial score (nSPS) is 12.6. The molecule has 1 rings (SSSR count). The lowest BCUT2D eigenvalue weighted by molar-refractivity contribution is -0.483. The minimum Gasteiger partial charge on any atom is -0.354 e. The molecule has 1 atom stereocenters. The number of hydrogen-bond acceptors (Lipinski definition) is 2. The van der Waals surface area contributed by atoms with Crippen molar-refractivity contribution in [3.63, 3.8) is 0 Å². The molecule has 0 saturated heterocycles. The summed E-state index contributed by atoms with van der Waals surface area (Å²) in [6.07, 6.45) is 6.23. The third-order valence-electron chi connectivity index (χ3n) is 2.93. The highest BCUT2D eigenvalue weighted by Crippen LogP contribution is 2.22. The van der Waals surface area contributed by atoms with E-state index in [1.807, 2.05) is 29.9 Å². The summed E-state index contributed by atoms with van der Waals surface area (Å²) in [6.45, 7) is 2.19. The largest absolute Gasteiger partial charge is 0.354 e. The number of hydrogen-bond donors (Lipinski definition) is 0. The Morgan fingerprint density at radius 3 is 2.75 bits per heavy atom. The Morgan fingerprint density at radius 2 is 2.25 bits per heavy atom. The molecule has 4 heteroatoms. The minimum atomic E-state index is -0.205. The van der Waals surface area contributed by atoms with Crippen LogP contribution in [-0.2, 0) is 7.05 Å². The molecule has 0 spiro atoms. The second kappa shape index (κ2) is 6.30. The van der Waals surface area contributed by atoms with Gasteiger partial charge < -0.3 is 4.57 Å². The van der Waals surface area contributed by atoms with Gasteiger partial charge in [0.1, 0.15) is 0 Å². The fraction of sp³-hybridized carbons (Fsp3) is 0.667. The van der Waals surface area contributed by atoms with Gasteiger partial charge in [0.25, 0.3) is 0 Å². The van der Waals surface area contributed by atoms with E-state index in [2.05, 4.69) is 6.92 Å². The number of nitrogens with zero attached hydrogens (tertiary/aromatic N) is 2. The summed E-state index contributed by atoms with van der Waals surface area (Å²) in [5, 5.41) is 10.6. The average molecular weight is 224 g/mol. The average Bonchev–Trinajstić information content (AvgIpc) is 2.63. The second-order valence-corrected chi connectivity index (χ2v) is 4.25. The van der Waals surface area contributed by atoms with E-state index < -0.39 is 0 Å². The molecule has 0 fully saturated rings. The van der Waals surface area contributed by atoms with Gasteiger partial charge in [0.15, 0.2) is 0 Å². The van der Waals surface area contributed by atoms with Crippen LogP contribution in [0, 0.1) is 10.1 Å². The molecule has 0 N–H and O–H groups in total. The zero-order chi connectivity index (χ0) is 12.0. The number of aryl methyl sites for hydroxylation is 1. The highest BCUT2D eigenvalue weighted by molar-refractivity contribution is 5.12. The Labute approximate surface area is 96.4 Å². The van der Waals surface area contributed by atoms with E-state index in [9.17, 15) is 10.1 Å². The van der Waals surface area contributed by atoms with Crippen molar-refractivity contribution < 1.29 is 4.92 Å². The van der Waals surface area contributed by atoms with E-state index in [4.69, 9.17) is 0 Å². The highest BCUT2D eigenvalue weighted by atomic mass is 16.6. The summed E-state index contributed by atoms with van der Waals surface area (Å²) in [5.41, 5.74) is 1.08. The van der Waals surface area contributed by atoms with Gasteiger partial charge in [-0.2, -0.15) is 0 Å². The van der Waals surface area contributed by atoms with Gasteiger partial charge in [-0.1, -0.05) is 26.2 Å². The zero-order valence-corrected chi connectivity index (χ0v) is 10.1. The van der Waals surface area contributed by atoms with Crippen LogP contribution in [0.4, 0.5) is 0 Å². The molecule has 0 aliphatic heterocycles. The van der Waals surface area contributed by atoms with E-state index >= 15 is 0 Å². The van der Waals surface area contributed by atoms with Crippen molar-refractivity contribution in [2.75, 3.05) is 6.54 Å². The first-order valence-electron chi connectivity index (χ1n) is 5.88. The summed E-state index contributed by atoms with van der Waals surface area (Å²) in [5.74, 6) is 0.0570. The lowest BCUT2D eigenvalue weighted by Crippen LogP contribution is -2.15. The predicted molar refractivity (Wildman–Crippen MR) is 64.2 cm³/mol. The van der Waals surface area contributed by atoms with Crippen LogP contribution in [0.1, 0.15) is 44.2 Å². The Hall–Kier alpha value is -1.32. The van der Waals surface area contributed by atoms with Crippen LogP contribution in [0.3, 0.4) is 0 Å². The van der Waals surface area contributed by atoms with Crippen LogP contribution in [0.2, 0.25) is 0 Å². The van der Waals surface area contributed by atoms with Gasteiger partial charge in [-0.3, -0.25) is 10.1 Å². The van der Waals surface area contributed by atoms with E-state index in [0.29, 0.717) is 0 Å². The molecule has 16 heavy (non-hydrogen) atoms. The Morgan fingerprint density at radius 1 is 1.50 bits per heavy atom. The topological polar surface area (TPSA) is 48.1 Å². The SMILES string of the molecule is CCCCCC(C[N+](=O)[O-])c1cccn1C. The maximum atomic E-state index is 10.6. The fourth-order valence-corrected chi connectivity index (χ4v) is 2.05. The Kier molecular flexibility index (Phi) is 5.02. The maximum Gasteiger partial charge on any atom is 0.212 e.